The smallest absolute Gasteiger partial charge is 0.203 e. The Bertz CT molecular complexity index is 434. The van der Waals surface area contributed by atoms with Crippen molar-refractivity contribution in [3.05, 3.63) is 29.3 Å². The average Bonchev–Trinajstić information content (AvgIpc) is 2.90. The van der Waals surface area contributed by atoms with Crippen LogP contribution in [-0.4, -0.2) is 12.6 Å². The van der Waals surface area contributed by atoms with Gasteiger partial charge in [0.05, 0.1) is 0 Å². The molecule has 0 amide bonds. The van der Waals surface area contributed by atoms with Crippen LogP contribution in [0.4, 0.5) is 17.6 Å². The van der Waals surface area contributed by atoms with Crippen molar-refractivity contribution in [2.45, 2.75) is 31.7 Å². The monoisotopic (exact) mass is 277 g/mol. The molecule has 0 saturated heterocycles. The Morgan fingerprint density at radius 2 is 1.63 bits per heavy atom. The Balaban J connectivity index is 2.06. The third kappa shape index (κ3) is 3.00. The van der Waals surface area contributed by atoms with Gasteiger partial charge in [-0.2, -0.15) is 8.78 Å². The molecule has 1 saturated carbocycles. The van der Waals surface area contributed by atoms with Crippen LogP contribution in [0.25, 0.3) is 0 Å². The molecule has 0 aromatic heterocycles. The number of hydrogen-bond donors (Lipinski definition) is 1. The van der Waals surface area contributed by atoms with Crippen LogP contribution in [0.2, 0.25) is 0 Å². The quantitative estimate of drug-likeness (QED) is 0.678. The van der Waals surface area contributed by atoms with Gasteiger partial charge in [-0.15, -0.1) is 0 Å². The first kappa shape index (κ1) is 14.1. The highest BCUT2D eigenvalue weighted by Crippen LogP contribution is 2.29. The first-order valence-corrected chi connectivity index (χ1v) is 6.22. The first-order chi connectivity index (χ1) is 9.00. The van der Waals surface area contributed by atoms with Gasteiger partial charge in [-0.3, -0.25) is 0 Å². The Kier molecular flexibility index (Phi) is 4.29. The van der Waals surface area contributed by atoms with Crippen LogP contribution in [-0.2, 0) is 0 Å². The SMILES string of the molecule is NC(COc1c(F)c(F)cc(F)c1F)C1CCCC1. The summed E-state index contributed by atoms with van der Waals surface area (Å²) in [5.41, 5.74) is 5.85. The lowest BCUT2D eigenvalue weighted by Gasteiger charge is -2.19. The van der Waals surface area contributed by atoms with Crippen LogP contribution >= 0.6 is 0 Å². The number of rotatable bonds is 4. The molecule has 1 atom stereocenters. The molecule has 0 radical (unpaired) electrons. The Hall–Kier alpha value is -1.30. The number of halogens is 4. The van der Waals surface area contributed by atoms with Crippen LogP contribution in [0.3, 0.4) is 0 Å². The number of hydrogen-bond acceptors (Lipinski definition) is 2. The molecular formula is C13H15F4NO. The maximum atomic E-state index is 13.3. The van der Waals surface area contributed by atoms with Crippen molar-refractivity contribution >= 4 is 0 Å². The van der Waals surface area contributed by atoms with E-state index in [2.05, 4.69) is 0 Å². The van der Waals surface area contributed by atoms with Crippen LogP contribution in [0.1, 0.15) is 25.7 Å². The lowest BCUT2D eigenvalue weighted by molar-refractivity contribution is 0.222. The molecule has 1 unspecified atom stereocenters. The standard InChI is InChI=1S/C13H15F4NO/c14-8-5-9(15)12(17)13(11(8)16)19-6-10(18)7-3-1-2-4-7/h5,7,10H,1-4,6,18H2. The zero-order valence-electron chi connectivity index (χ0n) is 10.3. The fourth-order valence-corrected chi connectivity index (χ4v) is 2.38. The van der Waals surface area contributed by atoms with Crippen molar-refractivity contribution in [1.82, 2.24) is 0 Å². The summed E-state index contributed by atoms with van der Waals surface area (Å²) < 4.78 is 57.4. The summed E-state index contributed by atoms with van der Waals surface area (Å²) in [4.78, 5) is 0. The van der Waals surface area contributed by atoms with Crippen molar-refractivity contribution < 1.29 is 22.3 Å². The van der Waals surface area contributed by atoms with E-state index in [4.69, 9.17) is 10.5 Å². The fraction of sp³-hybridized carbons (Fsp3) is 0.538. The van der Waals surface area contributed by atoms with Crippen molar-refractivity contribution in [3.63, 3.8) is 0 Å². The normalized spacial score (nSPS) is 17.7. The molecule has 2 nitrogen and oxygen atoms in total. The predicted molar refractivity (Wildman–Crippen MR) is 61.7 cm³/mol. The molecule has 1 fully saturated rings. The summed E-state index contributed by atoms with van der Waals surface area (Å²) in [6, 6.07) is -0.248. The summed E-state index contributed by atoms with van der Waals surface area (Å²) in [5, 5.41) is 0. The largest absolute Gasteiger partial charge is 0.486 e. The molecule has 0 aliphatic heterocycles. The molecular weight excluding hydrogens is 262 g/mol. The van der Waals surface area contributed by atoms with E-state index in [0.29, 0.717) is 0 Å². The van der Waals surface area contributed by atoms with Crippen molar-refractivity contribution in [2.75, 3.05) is 6.61 Å². The molecule has 1 aliphatic rings. The van der Waals surface area contributed by atoms with Gasteiger partial charge in [-0.05, 0) is 18.8 Å². The summed E-state index contributed by atoms with van der Waals surface area (Å²) in [6.45, 7) is -0.165. The Morgan fingerprint density at radius 1 is 1.11 bits per heavy atom. The number of nitrogens with two attached hydrogens (primary N) is 1. The lowest BCUT2D eigenvalue weighted by atomic mass is 10.00. The maximum absolute atomic E-state index is 13.3. The van der Waals surface area contributed by atoms with Crippen LogP contribution in [0.15, 0.2) is 6.07 Å². The second-order valence-corrected chi connectivity index (χ2v) is 4.82. The van der Waals surface area contributed by atoms with Crippen molar-refractivity contribution in [1.29, 1.82) is 0 Å². The first-order valence-electron chi connectivity index (χ1n) is 6.22. The average molecular weight is 277 g/mol. The second kappa shape index (κ2) is 5.77. The third-order valence-corrected chi connectivity index (χ3v) is 3.50. The van der Waals surface area contributed by atoms with E-state index in [0.717, 1.165) is 25.7 Å². The van der Waals surface area contributed by atoms with E-state index in [1.807, 2.05) is 0 Å². The third-order valence-electron chi connectivity index (χ3n) is 3.50. The molecule has 106 valence electrons. The number of ether oxygens (including phenoxy) is 1. The highest BCUT2D eigenvalue weighted by Gasteiger charge is 2.25. The van der Waals surface area contributed by atoms with E-state index >= 15 is 0 Å². The Labute approximate surface area is 108 Å². The molecule has 2 rings (SSSR count). The van der Waals surface area contributed by atoms with Gasteiger partial charge in [0.15, 0.2) is 17.4 Å². The van der Waals surface area contributed by atoms with Gasteiger partial charge in [0, 0.05) is 12.1 Å². The highest BCUT2D eigenvalue weighted by molar-refractivity contribution is 5.28. The van der Waals surface area contributed by atoms with Gasteiger partial charge in [0.2, 0.25) is 11.6 Å². The minimum Gasteiger partial charge on any atom is -0.486 e. The van der Waals surface area contributed by atoms with E-state index in [9.17, 15) is 17.6 Å². The molecule has 0 heterocycles. The number of benzene rings is 1. The summed E-state index contributed by atoms with van der Waals surface area (Å²) >= 11 is 0. The van der Waals surface area contributed by atoms with E-state index in [-0.39, 0.29) is 18.6 Å². The summed E-state index contributed by atoms with van der Waals surface area (Å²) in [7, 11) is 0. The summed E-state index contributed by atoms with van der Waals surface area (Å²) in [6.07, 6.45) is 4.01. The van der Waals surface area contributed by atoms with E-state index < -0.39 is 35.1 Å². The Morgan fingerprint density at radius 3 is 2.16 bits per heavy atom. The molecule has 1 aromatic carbocycles. The molecule has 6 heteroatoms. The predicted octanol–water partition coefficient (Wildman–Crippen LogP) is 3.14. The van der Waals surface area contributed by atoms with Crippen LogP contribution in [0, 0.1) is 29.2 Å². The molecule has 0 spiro atoms. The molecule has 1 aromatic rings. The highest BCUT2D eigenvalue weighted by atomic mass is 19.2. The second-order valence-electron chi connectivity index (χ2n) is 4.82. The van der Waals surface area contributed by atoms with Crippen molar-refractivity contribution in [2.24, 2.45) is 11.7 Å². The maximum Gasteiger partial charge on any atom is 0.203 e. The van der Waals surface area contributed by atoms with Gasteiger partial charge >= 0.3 is 0 Å². The van der Waals surface area contributed by atoms with Gasteiger partial charge in [0.25, 0.3) is 0 Å². The van der Waals surface area contributed by atoms with Crippen LogP contribution < -0.4 is 10.5 Å². The van der Waals surface area contributed by atoms with E-state index in [1.165, 1.54) is 0 Å². The van der Waals surface area contributed by atoms with Gasteiger partial charge in [-0.25, -0.2) is 8.78 Å². The fourth-order valence-electron chi connectivity index (χ4n) is 2.38. The molecule has 2 N–H and O–H groups in total. The molecule has 1 aliphatic carbocycles. The van der Waals surface area contributed by atoms with E-state index in [1.54, 1.807) is 0 Å². The summed E-state index contributed by atoms with van der Waals surface area (Å²) in [5.74, 6) is -6.84. The topological polar surface area (TPSA) is 35.2 Å². The minimum absolute atomic E-state index is 0.147. The van der Waals surface area contributed by atoms with Gasteiger partial charge in [0.1, 0.15) is 6.61 Å². The molecule has 19 heavy (non-hydrogen) atoms. The van der Waals surface area contributed by atoms with Crippen LogP contribution in [0.5, 0.6) is 5.75 Å². The van der Waals surface area contributed by atoms with Crippen molar-refractivity contribution in [3.8, 4) is 5.75 Å². The van der Waals surface area contributed by atoms with Gasteiger partial charge in [-0.1, -0.05) is 12.8 Å². The molecule has 0 bridgehead atoms. The minimum atomic E-state index is -1.53. The lowest BCUT2D eigenvalue weighted by Crippen LogP contribution is -2.35. The zero-order valence-corrected chi connectivity index (χ0v) is 10.3. The van der Waals surface area contributed by atoms with Gasteiger partial charge < -0.3 is 10.5 Å². The zero-order chi connectivity index (χ0) is 14.0.